The van der Waals surface area contributed by atoms with Crippen LogP contribution in [0.1, 0.15) is 40.8 Å². The van der Waals surface area contributed by atoms with E-state index in [0.29, 0.717) is 29.6 Å². The summed E-state index contributed by atoms with van der Waals surface area (Å²) in [4.78, 5) is 29.3. The third kappa shape index (κ3) is 6.70. The molecule has 0 saturated heterocycles. The first kappa shape index (κ1) is 26.9. The van der Waals surface area contributed by atoms with Crippen LogP contribution in [0.2, 0.25) is 23.2 Å². The summed E-state index contributed by atoms with van der Waals surface area (Å²) in [7, 11) is -1.78. The molecule has 186 valence electrons. The van der Waals surface area contributed by atoms with Gasteiger partial charge in [-0.15, -0.1) is 11.3 Å². The number of benzene rings is 1. The molecule has 2 heterocycles. The highest BCUT2D eigenvalue weighted by Crippen LogP contribution is 2.36. The van der Waals surface area contributed by atoms with Crippen LogP contribution < -0.4 is 16.4 Å². The standard InChI is InChI=1S/C25H31ClN4O3SSi/c1-25(2,3)35(4,5)33-13-12-28-18-9-6-16(7-10-18)19-15-34-22(23(27)31)21(19)24(32)30-20-11-8-17(26)14-29-20/h6-11,14-15,28H,12-13H2,1-5H3,(H2,27,31)(H,29,30,32). The van der Waals surface area contributed by atoms with Crippen LogP contribution in [0.25, 0.3) is 11.1 Å². The van der Waals surface area contributed by atoms with Crippen LogP contribution >= 0.6 is 22.9 Å². The maximum atomic E-state index is 13.1. The molecule has 0 fully saturated rings. The quantitative estimate of drug-likeness (QED) is 0.224. The molecule has 0 spiro atoms. The van der Waals surface area contributed by atoms with E-state index < -0.39 is 20.1 Å². The smallest absolute Gasteiger partial charge is 0.259 e. The molecule has 0 aliphatic heterocycles. The molecule has 3 rings (SSSR count). The number of nitrogens with two attached hydrogens (primary N) is 1. The molecular weight excluding hydrogens is 500 g/mol. The molecule has 0 aliphatic rings. The number of thiophene rings is 1. The van der Waals surface area contributed by atoms with E-state index in [1.54, 1.807) is 17.5 Å². The van der Waals surface area contributed by atoms with E-state index in [0.717, 1.165) is 22.6 Å². The van der Waals surface area contributed by atoms with E-state index in [2.05, 4.69) is 49.5 Å². The zero-order chi connectivity index (χ0) is 25.8. The zero-order valence-corrected chi connectivity index (χ0v) is 23.1. The number of halogens is 1. The second-order valence-electron chi connectivity index (χ2n) is 9.65. The Balaban J connectivity index is 1.72. The minimum Gasteiger partial charge on any atom is -0.415 e. The predicted molar refractivity (Wildman–Crippen MR) is 147 cm³/mol. The van der Waals surface area contributed by atoms with Gasteiger partial charge in [0.25, 0.3) is 11.8 Å². The molecule has 35 heavy (non-hydrogen) atoms. The molecule has 0 bridgehead atoms. The van der Waals surface area contributed by atoms with Crippen LogP contribution in [0.3, 0.4) is 0 Å². The van der Waals surface area contributed by atoms with Crippen LogP contribution in [0, 0.1) is 0 Å². The lowest BCUT2D eigenvalue weighted by atomic mass is 10.0. The number of hydrogen-bond donors (Lipinski definition) is 3. The first-order valence-electron chi connectivity index (χ1n) is 11.2. The summed E-state index contributed by atoms with van der Waals surface area (Å²) in [6, 6.07) is 10.9. The van der Waals surface area contributed by atoms with Gasteiger partial charge in [-0.3, -0.25) is 9.59 Å². The zero-order valence-electron chi connectivity index (χ0n) is 20.6. The maximum Gasteiger partial charge on any atom is 0.259 e. The highest BCUT2D eigenvalue weighted by atomic mass is 35.5. The summed E-state index contributed by atoms with van der Waals surface area (Å²) >= 11 is 7.01. The number of carbonyl (C=O) groups is 2. The number of aromatic nitrogens is 1. The molecule has 0 aliphatic carbocycles. The normalized spacial score (nSPS) is 11.8. The van der Waals surface area contributed by atoms with Crippen molar-refractivity contribution in [2.45, 2.75) is 38.9 Å². The molecular formula is C25H31ClN4O3SSi. The second kappa shape index (κ2) is 10.9. The van der Waals surface area contributed by atoms with Crippen LogP contribution in [0.15, 0.2) is 48.0 Å². The predicted octanol–water partition coefficient (Wildman–Crippen LogP) is 6.25. The fraction of sp³-hybridized carbons (Fsp3) is 0.320. The highest BCUT2D eigenvalue weighted by molar-refractivity contribution is 7.13. The first-order valence-corrected chi connectivity index (χ1v) is 15.4. The van der Waals surface area contributed by atoms with E-state index in [9.17, 15) is 9.59 Å². The molecule has 0 saturated carbocycles. The molecule has 2 aromatic heterocycles. The number of carbonyl (C=O) groups excluding carboxylic acids is 2. The lowest BCUT2D eigenvalue weighted by molar-refractivity contribution is 0.0981. The van der Waals surface area contributed by atoms with Crippen molar-refractivity contribution in [3.8, 4) is 11.1 Å². The Morgan fingerprint density at radius 2 is 1.83 bits per heavy atom. The van der Waals surface area contributed by atoms with Crippen LogP contribution in [0.5, 0.6) is 0 Å². The summed E-state index contributed by atoms with van der Waals surface area (Å²) < 4.78 is 6.21. The van der Waals surface area contributed by atoms with Crippen LogP contribution in [0.4, 0.5) is 11.5 Å². The SMILES string of the molecule is CC(C)(C)[Si](C)(C)OCCNc1ccc(-c2csc(C(N)=O)c2C(=O)Nc2ccc(Cl)cn2)cc1. The Labute approximate surface area is 216 Å². The van der Waals surface area contributed by atoms with Gasteiger partial charge in [-0.1, -0.05) is 44.5 Å². The minimum absolute atomic E-state index is 0.173. The monoisotopic (exact) mass is 530 g/mol. The summed E-state index contributed by atoms with van der Waals surface area (Å²) in [5.74, 6) is -0.795. The average Bonchev–Trinajstić information content (AvgIpc) is 3.24. The van der Waals surface area contributed by atoms with E-state index in [-0.39, 0.29) is 15.5 Å². The number of hydrogen-bond acceptors (Lipinski definition) is 6. The van der Waals surface area contributed by atoms with Crippen molar-refractivity contribution in [1.29, 1.82) is 0 Å². The summed E-state index contributed by atoms with van der Waals surface area (Å²) in [6.45, 7) is 12.5. The highest BCUT2D eigenvalue weighted by Gasteiger charge is 2.36. The fourth-order valence-corrected chi connectivity index (χ4v) is 5.17. The Morgan fingerprint density at radius 3 is 2.40 bits per heavy atom. The average molecular weight is 531 g/mol. The van der Waals surface area contributed by atoms with E-state index in [1.165, 1.54) is 6.20 Å². The topological polar surface area (TPSA) is 106 Å². The molecule has 7 nitrogen and oxygen atoms in total. The van der Waals surface area contributed by atoms with Crippen molar-refractivity contribution >= 4 is 54.6 Å². The third-order valence-corrected chi connectivity index (χ3v) is 11.9. The van der Waals surface area contributed by atoms with Gasteiger partial charge < -0.3 is 20.8 Å². The van der Waals surface area contributed by atoms with Gasteiger partial charge in [0.2, 0.25) is 0 Å². The Bertz CT molecular complexity index is 1190. The maximum absolute atomic E-state index is 13.1. The van der Waals surface area contributed by atoms with Crippen molar-refractivity contribution in [3.63, 3.8) is 0 Å². The van der Waals surface area contributed by atoms with Gasteiger partial charge in [0.05, 0.1) is 17.2 Å². The number of primary amides is 1. The number of pyridine rings is 1. The van der Waals surface area contributed by atoms with Gasteiger partial charge in [-0.25, -0.2) is 4.98 Å². The van der Waals surface area contributed by atoms with Crippen molar-refractivity contribution in [3.05, 3.63) is 63.4 Å². The Hall–Kier alpha value is -2.72. The summed E-state index contributed by atoms with van der Waals surface area (Å²) in [5, 5.41) is 8.48. The van der Waals surface area contributed by atoms with Gasteiger partial charge in [-0.05, 0) is 48.0 Å². The number of rotatable bonds is 9. The molecule has 1 aromatic carbocycles. The molecule has 0 unspecified atom stereocenters. The Morgan fingerprint density at radius 1 is 1.14 bits per heavy atom. The lowest BCUT2D eigenvalue weighted by Gasteiger charge is -2.36. The number of nitrogens with one attached hydrogen (secondary N) is 2. The Kier molecular flexibility index (Phi) is 8.37. The number of anilines is 2. The fourth-order valence-electron chi connectivity index (χ4n) is 3.09. The number of nitrogens with zero attached hydrogens (tertiary/aromatic N) is 1. The van der Waals surface area contributed by atoms with Gasteiger partial charge >= 0.3 is 0 Å². The van der Waals surface area contributed by atoms with E-state index in [4.69, 9.17) is 21.8 Å². The number of amides is 2. The van der Waals surface area contributed by atoms with Gasteiger partial charge in [0, 0.05) is 29.4 Å². The largest absolute Gasteiger partial charge is 0.415 e. The van der Waals surface area contributed by atoms with Crippen LogP contribution in [-0.2, 0) is 4.43 Å². The summed E-state index contributed by atoms with van der Waals surface area (Å²) in [6.07, 6.45) is 1.43. The third-order valence-electron chi connectivity index (χ3n) is 6.11. The molecule has 4 N–H and O–H groups in total. The van der Waals surface area contributed by atoms with Gasteiger partial charge in [-0.2, -0.15) is 0 Å². The van der Waals surface area contributed by atoms with Crippen molar-refractivity contribution in [1.82, 2.24) is 4.98 Å². The molecule has 0 atom stereocenters. The molecule has 3 aromatic rings. The van der Waals surface area contributed by atoms with E-state index in [1.807, 2.05) is 24.3 Å². The molecule has 0 radical (unpaired) electrons. The van der Waals surface area contributed by atoms with E-state index >= 15 is 0 Å². The van der Waals surface area contributed by atoms with Crippen molar-refractivity contribution in [2.75, 3.05) is 23.8 Å². The second-order valence-corrected chi connectivity index (χ2v) is 15.8. The van der Waals surface area contributed by atoms with Crippen molar-refractivity contribution < 1.29 is 14.0 Å². The van der Waals surface area contributed by atoms with Crippen LogP contribution in [-0.4, -0.2) is 38.3 Å². The lowest BCUT2D eigenvalue weighted by Crippen LogP contribution is -2.41. The van der Waals surface area contributed by atoms with Gasteiger partial charge in [0.1, 0.15) is 10.7 Å². The van der Waals surface area contributed by atoms with Crippen molar-refractivity contribution in [2.24, 2.45) is 5.73 Å². The molecule has 10 heteroatoms. The molecule has 2 amide bonds. The minimum atomic E-state index is -1.78. The summed E-state index contributed by atoms with van der Waals surface area (Å²) in [5.41, 5.74) is 8.13. The first-order chi connectivity index (χ1) is 16.4. The van der Waals surface area contributed by atoms with Gasteiger partial charge in [0.15, 0.2) is 8.32 Å².